The number of thiophene rings is 1. The van der Waals surface area contributed by atoms with E-state index in [1.54, 1.807) is 11.3 Å². The van der Waals surface area contributed by atoms with Crippen molar-refractivity contribution in [1.29, 1.82) is 0 Å². The number of hydrogen-bond donors (Lipinski definition) is 0. The van der Waals surface area contributed by atoms with Crippen molar-refractivity contribution in [2.45, 2.75) is 19.9 Å². The van der Waals surface area contributed by atoms with Gasteiger partial charge < -0.3 is 0 Å². The monoisotopic (exact) mass is 305 g/mol. The van der Waals surface area contributed by atoms with Gasteiger partial charge in [-0.05, 0) is 39.7 Å². The number of nitrogens with zero attached hydrogens (tertiary/aromatic N) is 3. The molecule has 0 bridgehead atoms. The minimum Gasteiger partial charge on any atom is -0.296 e. The van der Waals surface area contributed by atoms with Crippen LogP contribution in [0.25, 0.3) is 0 Å². The standard InChI is InChI=1S/C9H9BrClN3S/c1-2-8-12-13-9(11)14(8)5-6-3-4-7(10)15-6/h3-4H,2,5H2,1H3. The molecular weight excluding hydrogens is 298 g/mol. The maximum Gasteiger partial charge on any atom is 0.225 e. The van der Waals surface area contributed by atoms with Gasteiger partial charge in [-0.1, -0.05) is 6.92 Å². The highest BCUT2D eigenvalue weighted by molar-refractivity contribution is 9.11. The van der Waals surface area contributed by atoms with Gasteiger partial charge in [-0.25, -0.2) is 0 Å². The zero-order valence-corrected chi connectivity index (χ0v) is 11.2. The van der Waals surface area contributed by atoms with Crippen LogP contribution in [-0.4, -0.2) is 14.8 Å². The number of aromatic nitrogens is 3. The van der Waals surface area contributed by atoms with E-state index in [1.807, 2.05) is 17.6 Å². The van der Waals surface area contributed by atoms with Crippen LogP contribution in [0.4, 0.5) is 0 Å². The van der Waals surface area contributed by atoms with E-state index in [4.69, 9.17) is 11.6 Å². The molecule has 80 valence electrons. The van der Waals surface area contributed by atoms with Gasteiger partial charge >= 0.3 is 0 Å². The summed E-state index contributed by atoms with van der Waals surface area (Å²) in [4.78, 5) is 1.23. The summed E-state index contributed by atoms with van der Waals surface area (Å²) < 4.78 is 3.06. The van der Waals surface area contributed by atoms with Crippen LogP contribution in [-0.2, 0) is 13.0 Å². The van der Waals surface area contributed by atoms with Gasteiger partial charge in [-0.2, -0.15) is 0 Å². The third-order valence-corrected chi connectivity index (χ3v) is 3.93. The van der Waals surface area contributed by atoms with E-state index < -0.39 is 0 Å². The molecule has 15 heavy (non-hydrogen) atoms. The van der Waals surface area contributed by atoms with Gasteiger partial charge in [0.2, 0.25) is 5.28 Å². The van der Waals surface area contributed by atoms with Crippen LogP contribution in [0.15, 0.2) is 15.9 Å². The molecule has 2 heterocycles. The van der Waals surface area contributed by atoms with Crippen LogP contribution in [0.5, 0.6) is 0 Å². The Kier molecular flexibility index (Phi) is 3.43. The second-order valence-corrected chi connectivity index (χ2v) is 5.92. The Morgan fingerprint density at radius 3 is 2.87 bits per heavy atom. The number of halogens is 2. The van der Waals surface area contributed by atoms with Crippen molar-refractivity contribution >= 4 is 38.9 Å². The molecule has 0 fully saturated rings. The molecule has 0 saturated carbocycles. The fourth-order valence-electron chi connectivity index (χ4n) is 1.32. The zero-order chi connectivity index (χ0) is 10.8. The average Bonchev–Trinajstić information content (AvgIpc) is 2.76. The molecule has 0 aromatic carbocycles. The fourth-order valence-corrected chi connectivity index (χ4v) is 2.99. The predicted molar refractivity (Wildman–Crippen MR) is 65.5 cm³/mol. The first-order valence-corrected chi connectivity index (χ1v) is 6.51. The van der Waals surface area contributed by atoms with E-state index in [0.29, 0.717) is 5.28 Å². The third kappa shape index (κ3) is 2.41. The highest BCUT2D eigenvalue weighted by atomic mass is 79.9. The van der Waals surface area contributed by atoms with E-state index >= 15 is 0 Å². The third-order valence-electron chi connectivity index (χ3n) is 2.04. The second-order valence-electron chi connectivity index (χ2n) is 3.03. The summed E-state index contributed by atoms with van der Waals surface area (Å²) in [5, 5.41) is 8.33. The second kappa shape index (κ2) is 4.63. The quantitative estimate of drug-likeness (QED) is 0.870. The Hall–Kier alpha value is -0.390. The average molecular weight is 307 g/mol. The molecule has 2 aromatic heterocycles. The topological polar surface area (TPSA) is 30.7 Å². The SMILES string of the molecule is CCc1nnc(Cl)n1Cc1ccc(Br)s1. The lowest BCUT2D eigenvalue weighted by molar-refractivity contribution is 0.741. The normalized spacial score (nSPS) is 10.9. The molecule has 0 radical (unpaired) electrons. The fraction of sp³-hybridized carbons (Fsp3) is 0.333. The van der Waals surface area contributed by atoms with Gasteiger partial charge in [-0.15, -0.1) is 21.5 Å². The molecule has 3 nitrogen and oxygen atoms in total. The predicted octanol–water partition coefficient (Wildman–Crippen LogP) is 3.37. The highest BCUT2D eigenvalue weighted by Gasteiger charge is 2.09. The lowest BCUT2D eigenvalue weighted by Crippen LogP contribution is -2.03. The zero-order valence-electron chi connectivity index (χ0n) is 8.07. The van der Waals surface area contributed by atoms with Gasteiger partial charge in [0, 0.05) is 11.3 Å². The number of hydrogen-bond acceptors (Lipinski definition) is 3. The molecule has 0 unspecified atom stereocenters. The molecule has 0 N–H and O–H groups in total. The van der Waals surface area contributed by atoms with Crippen LogP contribution in [0.3, 0.4) is 0 Å². The van der Waals surface area contributed by atoms with E-state index in [-0.39, 0.29) is 0 Å². The maximum absolute atomic E-state index is 5.96. The molecular formula is C9H9BrClN3S. The first-order chi connectivity index (χ1) is 7.20. The van der Waals surface area contributed by atoms with Gasteiger partial charge in [0.25, 0.3) is 0 Å². The van der Waals surface area contributed by atoms with Crippen LogP contribution >= 0.6 is 38.9 Å². The Labute approximate surface area is 105 Å². The largest absolute Gasteiger partial charge is 0.296 e. The molecule has 0 atom stereocenters. The first kappa shape index (κ1) is 11.1. The van der Waals surface area contributed by atoms with E-state index in [1.165, 1.54) is 4.88 Å². The van der Waals surface area contributed by atoms with Crippen LogP contribution < -0.4 is 0 Å². The molecule has 6 heteroatoms. The Bertz CT molecular complexity index is 466. The minimum absolute atomic E-state index is 0.455. The summed E-state index contributed by atoms with van der Waals surface area (Å²) in [6.45, 7) is 2.78. The van der Waals surface area contributed by atoms with E-state index in [9.17, 15) is 0 Å². The van der Waals surface area contributed by atoms with E-state index in [0.717, 1.165) is 22.6 Å². The van der Waals surface area contributed by atoms with Crippen molar-refractivity contribution in [1.82, 2.24) is 14.8 Å². The number of aryl methyl sites for hydroxylation is 1. The van der Waals surface area contributed by atoms with Crippen molar-refractivity contribution in [3.8, 4) is 0 Å². The van der Waals surface area contributed by atoms with Crippen molar-refractivity contribution in [2.75, 3.05) is 0 Å². The van der Waals surface area contributed by atoms with Crippen molar-refractivity contribution < 1.29 is 0 Å². The summed E-state index contributed by atoms with van der Waals surface area (Å²) in [5.41, 5.74) is 0. The summed E-state index contributed by atoms with van der Waals surface area (Å²) in [6, 6.07) is 4.11. The van der Waals surface area contributed by atoms with Gasteiger partial charge in [0.15, 0.2) is 0 Å². The highest BCUT2D eigenvalue weighted by Crippen LogP contribution is 2.24. The van der Waals surface area contributed by atoms with Crippen molar-refractivity contribution in [3.63, 3.8) is 0 Å². The maximum atomic E-state index is 5.96. The van der Waals surface area contributed by atoms with Gasteiger partial charge in [0.1, 0.15) is 5.82 Å². The lowest BCUT2D eigenvalue weighted by Gasteiger charge is -2.03. The van der Waals surface area contributed by atoms with Crippen molar-refractivity contribution in [3.05, 3.63) is 31.9 Å². The summed E-state index contributed by atoms with van der Waals surface area (Å²) in [6.07, 6.45) is 0.840. The van der Waals surface area contributed by atoms with Crippen LogP contribution in [0.2, 0.25) is 5.28 Å². The van der Waals surface area contributed by atoms with Gasteiger partial charge in [0.05, 0.1) is 10.3 Å². The lowest BCUT2D eigenvalue weighted by atomic mass is 10.4. The van der Waals surface area contributed by atoms with Crippen LogP contribution in [0, 0.1) is 0 Å². The molecule has 0 aliphatic rings. The summed E-state index contributed by atoms with van der Waals surface area (Å²) in [7, 11) is 0. The summed E-state index contributed by atoms with van der Waals surface area (Å²) in [5.74, 6) is 0.921. The van der Waals surface area contributed by atoms with Gasteiger partial charge in [-0.3, -0.25) is 4.57 Å². The molecule has 2 aromatic rings. The molecule has 0 amide bonds. The Balaban J connectivity index is 2.26. The Morgan fingerprint density at radius 1 is 1.47 bits per heavy atom. The molecule has 0 spiro atoms. The molecule has 0 aliphatic heterocycles. The number of rotatable bonds is 3. The molecule has 0 saturated heterocycles. The first-order valence-electron chi connectivity index (χ1n) is 4.52. The Morgan fingerprint density at radius 2 is 2.27 bits per heavy atom. The minimum atomic E-state index is 0.455. The van der Waals surface area contributed by atoms with Crippen molar-refractivity contribution in [2.24, 2.45) is 0 Å². The molecule has 0 aliphatic carbocycles. The molecule has 2 rings (SSSR count). The van der Waals surface area contributed by atoms with E-state index in [2.05, 4.69) is 32.2 Å². The summed E-state index contributed by atoms with van der Waals surface area (Å²) >= 11 is 11.1. The van der Waals surface area contributed by atoms with Crippen LogP contribution in [0.1, 0.15) is 17.6 Å². The smallest absolute Gasteiger partial charge is 0.225 e.